The zero-order valence-corrected chi connectivity index (χ0v) is 18.9. The fraction of sp³-hybridized carbons (Fsp3) is 0.688. The van der Waals surface area contributed by atoms with Crippen LogP contribution in [0, 0.1) is 0 Å². The lowest BCUT2D eigenvalue weighted by molar-refractivity contribution is -0.192. The molecule has 0 fully saturated rings. The lowest BCUT2D eigenvalue weighted by Gasteiger charge is -2.18. The molecular formula is C16H26F3IN4O7. The maximum Gasteiger partial charge on any atom is 0.490 e. The third kappa shape index (κ3) is 16.2. The van der Waals surface area contributed by atoms with Crippen LogP contribution in [0.2, 0.25) is 0 Å². The van der Waals surface area contributed by atoms with Gasteiger partial charge in [0.1, 0.15) is 12.1 Å². The van der Waals surface area contributed by atoms with Gasteiger partial charge in [0.25, 0.3) is 0 Å². The molecule has 0 heterocycles. The summed E-state index contributed by atoms with van der Waals surface area (Å²) < 4.78 is 32.1. The molecule has 0 aromatic rings. The number of aliphatic carboxylic acids is 2. The fourth-order valence-corrected chi connectivity index (χ4v) is 1.95. The molecule has 3 atom stereocenters. The van der Waals surface area contributed by atoms with E-state index in [1.165, 1.54) is 13.8 Å². The molecule has 15 heteroatoms. The molecule has 0 spiro atoms. The minimum atomic E-state index is -5.08. The second-order valence-electron chi connectivity index (χ2n) is 6.19. The molecule has 0 unspecified atom stereocenters. The van der Waals surface area contributed by atoms with Gasteiger partial charge < -0.3 is 31.9 Å². The third-order valence-corrected chi connectivity index (χ3v) is 4.14. The van der Waals surface area contributed by atoms with E-state index in [0.29, 0.717) is 30.2 Å². The predicted octanol–water partition coefficient (Wildman–Crippen LogP) is -0.237. The molecular weight excluding hydrogens is 544 g/mol. The minimum Gasteiger partial charge on any atom is -0.480 e. The van der Waals surface area contributed by atoms with Crippen LogP contribution < -0.4 is 21.7 Å². The van der Waals surface area contributed by atoms with Crippen molar-refractivity contribution < 1.29 is 47.4 Å². The summed E-state index contributed by atoms with van der Waals surface area (Å²) in [7, 11) is 0. The molecule has 11 nitrogen and oxygen atoms in total. The van der Waals surface area contributed by atoms with Crippen LogP contribution in [-0.4, -0.2) is 75.1 Å². The second kappa shape index (κ2) is 15.6. The van der Waals surface area contributed by atoms with Crippen molar-refractivity contribution in [1.82, 2.24) is 16.0 Å². The van der Waals surface area contributed by atoms with Gasteiger partial charge in [-0.2, -0.15) is 13.2 Å². The molecule has 0 aliphatic carbocycles. The van der Waals surface area contributed by atoms with Gasteiger partial charge in [0.2, 0.25) is 17.7 Å². The number of carbonyl (C=O) groups excluding carboxylic acids is 3. The van der Waals surface area contributed by atoms with Gasteiger partial charge in [-0.1, -0.05) is 22.6 Å². The van der Waals surface area contributed by atoms with Crippen LogP contribution in [0.15, 0.2) is 0 Å². The largest absolute Gasteiger partial charge is 0.490 e. The number of carboxylic acids is 2. The van der Waals surface area contributed by atoms with E-state index >= 15 is 0 Å². The molecule has 31 heavy (non-hydrogen) atoms. The van der Waals surface area contributed by atoms with Crippen LogP contribution in [0.4, 0.5) is 13.2 Å². The first-order valence-electron chi connectivity index (χ1n) is 8.85. The van der Waals surface area contributed by atoms with Gasteiger partial charge in [-0.3, -0.25) is 19.2 Å². The highest BCUT2D eigenvalue weighted by atomic mass is 127. The zero-order chi connectivity index (χ0) is 24.8. The summed E-state index contributed by atoms with van der Waals surface area (Å²) in [6, 6.07) is -2.69. The van der Waals surface area contributed by atoms with Gasteiger partial charge in [0.05, 0.1) is 10.5 Å². The van der Waals surface area contributed by atoms with Gasteiger partial charge in [0, 0.05) is 6.54 Å². The van der Waals surface area contributed by atoms with Crippen LogP contribution in [0.5, 0.6) is 0 Å². The Hall–Kier alpha value is -2.17. The van der Waals surface area contributed by atoms with Crippen molar-refractivity contribution in [3.8, 4) is 0 Å². The van der Waals surface area contributed by atoms with Crippen LogP contribution in [0.25, 0.3) is 0 Å². The summed E-state index contributed by atoms with van der Waals surface area (Å²) in [5, 5.41) is 23.3. The van der Waals surface area contributed by atoms with Gasteiger partial charge in [-0.05, 0) is 33.1 Å². The number of halogens is 4. The Labute approximate surface area is 189 Å². The molecule has 0 rings (SSSR count). The number of nitrogens with two attached hydrogens (primary N) is 1. The Morgan fingerprint density at radius 1 is 0.968 bits per heavy atom. The van der Waals surface area contributed by atoms with Crippen LogP contribution in [0.3, 0.4) is 0 Å². The highest BCUT2D eigenvalue weighted by molar-refractivity contribution is 14.1. The molecule has 0 aliphatic rings. The molecule has 0 aliphatic heterocycles. The average Bonchev–Trinajstić information content (AvgIpc) is 2.66. The van der Waals surface area contributed by atoms with Gasteiger partial charge in [0.15, 0.2) is 0 Å². The number of amides is 3. The number of hydrogen-bond acceptors (Lipinski definition) is 6. The molecule has 0 aromatic carbocycles. The minimum absolute atomic E-state index is 0.0342. The van der Waals surface area contributed by atoms with Gasteiger partial charge in [-0.15, -0.1) is 0 Å². The smallest absolute Gasteiger partial charge is 0.480 e. The Morgan fingerprint density at radius 3 is 1.87 bits per heavy atom. The molecule has 0 saturated heterocycles. The molecule has 0 saturated carbocycles. The van der Waals surface area contributed by atoms with E-state index in [1.807, 2.05) is 22.6 Å². The first kappa shape index (κ1) is 31.0. The normalized spacial score (nSPS) is 13.5. The van der Waals surface area contributed by atoms with E-state index in [1.54, 1.807) is 0 Å². The van der Waals surface area contributed by atoms with E-state index in [9.17, 15) is 32.3 Å². The number of carboxylic acid groups (broad SMARTS) is 2. The quantitative estimate of drug-likeness (QED) is 0.112. The van der Waals surface area contributed by atoms with E-state index in [-0.39, 0.29) is 5.91 Å². The highest BCUT2D eigenvalue weighted by Crippen LogP contribution is 2.13. The average molecular weight is 570 g/mol. The van der Waals surface area contributed by atoms with Gasteiger partial charge in [-0.25, -0.2) is 4.79 Å². The SMILES string of the molecule is C[C@@H](NC(=O)[C@@H](C)NC(=O)[C@@H](N)CCCCNC(=O)CI)C(=O)O.O=C(O)C(F)(F)F. The standard InChI is InChI=1S/C14H25IN4O5.C2HF3O2/c1-8(12(21)19-9(2)14(23)24)18-13(22)10(16)5-3-4-6-17-11(20)7-15;3-2(4,5)1(6)7/h8-10H,3-7,16H2,1-2H3,(H,17,20)(H,18,22)(H,19,21)(H,23,24);(H,6,7)/t8-,9-,10+;/m1./s1. The summed E-state index contributed by atoms with van der Waals surface area (Å²) in [5.41, 5.74) is 5.76. The monoisotopic (exact) mass is 570 g/mol. The van der Waals surface area contributed by atoms with Gasteiger partial charge >= 0.3 is 18.1 Å². The molecule has 180 valence electrons. The highest BCUT2D eigenvalue weighted by Gasteiger charge is 2.38. The van der Waals surface area contributed by atoms with Crippen LogP contribution >= 0.6 is 22.6 Å². The lowest BCUT2D eigenvalue weighted by Crippen LogP contribution is -2.52. The second-order valence-corrected chi connectivity index (χ2v) is 6.95. The van der Waals surface area contributed by atoms with E-state index in [0.717, 1.165) is 0 Å². The topological polar surface area (TPSA) is 188 Å². The van der Waals surface area contributed by atoms with Crippen molar-refractivity contribution in [2.45, 2.75) is 57.4 Å². The summed E-state index contributed by atoms with van der Waals surface area (Å²) in [6.45, 7) is 3.31. The number of rotatable bonds is 11. The fourth-order valence-electron chi connectivity index (χ4n) is 1.68. The van der Waals surface area contributed by atoms with E-state index in [4.69, 9.17) is 20.7 Å². The van der Waals surface area contributed by atoms with Crippen LogP contribution in [-0.2, 0) is 24.0 Å². The number of hydrogen-bond donors (Lipinski definition) is 6. The van der Waals surface area contributed by atoms with Crippen molar-refractivity contribution in [2.75, 3.05) is 11.0 Å². The maximum absolute atomic E-state index is 11.9. The molecule has 7 N–H and O–H groups in total. The van der Waals surface area contributed by atoms with E-state index in [2.05, 4.69) is 16.0 Å². The number of nitrogens with one attached hydrogen (secondary N) is 3. The van der Waals surface area contributed by atoms with Crippen LogP contribution in [0.1, 0.15) is 33.1 Å². The summed E-state index contributed by atoms with van der Waals surface area (Å²) in [5.74, 6) is -5.02. The zero-order valence-electron chi connectivity index (χ0n) is 16.8. The Morgan fingerprint density at radius 2 is 1.45 bits per heavy atom. The van der Waals surface area contributed by atoms with E-state index < -0.39 is 48.1 Å². The van der Waals surface area contributed by atoms with Crippen molar-refractivity contribution in [3.05, 3.63) is 0 Å². The molecule has 0 radical (unpaired) electrons. The van der Waals surface area contributed by atoms with Crippen molar-refractivity contribution in [1.29, 1.82) is 0 Å². The predicted molar refractivity (Wildman–Crippen MR) is 110 cm³/mol. The Bertz CT molecular complexity index is 635. The van der Waals surface area contributed by atoms with Crippen molar-refractivity contribution in [2.24, 2.45) is 5.73 Å². The Balaban J connectivity index is 0. The first-order chi connectivity index (χ1) is 14.1. The summed E-state index contributed by atoms with van der Waals surface area (Å²) in [4.78, 5) is 54.2. The molecule has 3 amide bonds. The number of carbonyl (C=O) groups is 5. The first-order valence-corrected chi connectivity index (χ1v) is 10.4. The van der Waals surface area contributed by atoms with Crippen molar-refractivity contribution >= 4 is 52.3 Å². The third-order valence-electron chi connectivity index (χ3n) is 3.45. The summed E-state index contributed by atoms with van der Waals surface area (Å²) in [6.07, 6.45) is -3.30. The number of unbranched alkanes of at least 4 members (excludes halogenated alkanes) is 1. The molecule has 0 bridgehead atoms. The molecule has 0 aromatic heterocycles. The van der Waals surface area contributed by atoms with Crippen molar-refractivity contribution in [3.63, 3.8) is 0 Å². The summed E-state index contributed by atoms with van der Waals surface area (Å²) >= 11 is 1.97. The maximum atomic E-state index is 11.9. The lowest BCUT2D eigenvalue weighted by atomic mass is 10.1. The Kier molecular flexibility index (Phi) is 15.6. The number of alkyl halides is 4.